The monoisotopic (exact) mass is 304 g/mol. The van der Waals surface area contributed by atoms with Gasteiger partial charge in [-0.15, -0.1) is 0 Å². The lowest BCUT2D eigenvalue weighted by atomic mass is 9.84. The van der Waals surface area contributed by atoms with Crippen LogP contribution in [0.25, 0.3) is 0 Å². The van der Waals surface area contributed by atoms with Crippen LogP contribution in [0, 0.1) is 12.8 Å². The summed E-state index contributed by atoms with van der Waals surface area (Å²) < 4.78 is 16.4. The number of hydrogen-bond acceptors (Lipinski definition) is 3. The van der Waals surface area contributed by atoms with E-state index in [-0.39, 0.29) is 0 Å². The van der Waals surface area contributed by atoms with Crippen LogP contribution < -0.4 is 0 Å². The van der Waals surface area contributed by atoms with E-state index in [1.807, 2.05) is 0 Å². The van der Waals surface area contributed by atoms with Crippen molar-refractivity contribution in [2.24, 2.45) is 5.92 Å². The third kappa shape index (κ3) is 5.38. The molecule has 1 aromatic rings. The highest BCUT2D eigenvalue weighted by atomic mass is 16.7. The number of epoxide rings is 1. The Balaban J connectivity index is 1.27. The maximum Gasteiger partial charge on any atom is 0.147 e. The largest absolute Gasteiger partial charge is 0.371 e. The summed E-state index contributed by atoms with van der Waals surface area (Å²) in [6.45, 7) is 4.11. The first-order valence-electron chi connectivity index (χ1n) is 8.66. The van der Waals surface area contributed by atoms with Crippen LogP contribution in [0.4, 0.5) is 0 Å². The van der Waals surface area contributed by atoms with Gasteiger partial charge in [-0.3, -0.25) is 0 Å². The van der Waals surface area contributed by atoms with Crippen LogP contribution in [0.1, 0.15) is 43.2 Å². The maximum atomic E-state index is 5.81. The van der Waals surface area contributed by atoms with Crippen molar-refractivity contribution in [3.05, 3.63) is 35.4 Å². The molecule has 0 bridgehead atoms. The normalized spacial score (nSPS) is 27.8. The Hall–Kier alpha value is -0.900. The van der Waals surface area contributed by atoms with Crippen molar-refractivity contribution in [2.75, 3.05) is 20.0 Å². The van der Waals surface area contributed by atoms with Gasteiger partial charge in [0.15, 0.2) is 0 Å². The summed E-state index contributed by atoms with van der Waals surface area (Å²) in [4.78, 5) is 0. The Morgan fingerprint density at radius 3 is 2.50 bits per heavy atom. The fourth-order valence-electron chi connectivity index (χ4n) is 3.20. The van der Waals surface area contributed by atoms with Crippen molar-refractivity contribution < 1.29 is 14.2 Å². The molecule has 0 radical (unpaired) electrons. The molecule has 3 heteroatoms. The lowest BCUT2D eigenvalue weighted by molar-refractivity contribution is -0.104. The Bertz CT molecular complexity index is 430. The van der Waals surface area contributed by atoms with Gasteiger partial charge in [-0.1, -0.05) is 29.8 Å². The molecule has 2 aliphatic rings. The van der Waals surface area contributed by atoms with E-state index in [0.29, 0.717) is 25.6 Å². The topological polar surface area (TPSA) is 31.0 Å². The van der Waals surface area contributed by atoms with E-state index in [0.717, 1.165) is 12.5 Å². The lowest BCUT2D eigenvalue weighted by Gasteiger charge is -2.28. The van der Waals surface area contributed by atoms with E-state index in [9.17, 15) is 0 Å². The molecule has 3 rings (SSSR count). The Kier molecular flexibility index (Phi) is 5.88. The molecule has 3 nitrogen and oxygen atoms in total. The molecule has 1 unspecified atom stereocenters. The van der Waals surface area contributed by atoms with Crippen LogP contribution in [0.15, 0.2) is 24.3 Å². The minimum atomic E-state index is 0.334. The van der Waals surface area contributed by atoms with Crippen LogP contribution in [-0.4, -0.2) is 32.2 Å². The number of hydrogen-bond donors (Lipinski definition) is 0. The van der Waals surface area contributed by atoms with Gasteiger partial charge < -0.3 is 14.2 Å². The average molecular weight is 304 g/mol. The van der Waals surface area contributed by atoms with Gasteiger partial charge >= 0.3 is 0 Å². The molecule has 22 heavy (non-hydrogen) atoms. The van der Waals surface area contributed by atoms with E-state index in [4.69, 9.17) is 14.2 Å². The van der Waals surface area contributed by atoms with Gasteiger partial charge in [0, 0.05) is 0 Å². The van der Waals surface area contributed by atoms with Crippen LogP contribution >= 0.6 is 0 Å². The van der Waals surface area contributed by atoms with Crippen molar-refractivity contribution in [1.29, 1.82) is 0 Å². The van der Waals surface area contributed by atoms with Crippen molar-refractivity contribution in [3.8, 4) is 0 Å². The van der Waals surface area contributed by atoms with Crippen molar-refractivity contribution in [2.45, 2.75) is 57.7 Å². The average Bonchev–Trinajstić information content (AvgIpc) is 3.36. The number of aryl methyl sites for hydroxylation is 2. The minimum absolute atomic E-state index is 0.334. The molecule has 2 fully saturated rings. The van der Waals surface area contributed by atoms with Gasteiger partial charge in [0.2, 0.25) is 0 Å². The highest BCUT2D eigenvalue weighted by molar-refractivity contribution is 5.21. The standard InChI is InChI=1S/C19H28O3/c1-15-2-4-16(5-3-15)6-7-17-8-10-18(11-9-17)22-14-20-12-19-13-21-19/h2-5,17-19H,6-14H2,1H3. The molecule has 122 valence electrons. The molecular formula is C19H28O3. The van der Waals surface area contributed by atoms with Crippen molar-refractivity contribution >= 4 is 0 Å². The molecule has 1 saturated carbocycles. The molecule has 0 N–H and O–H groups in total. The van der Waals surface area contributed by atoms with Crippen LogP contribution in [0.5, 0.6) is 0 Å². The van der Waals surface area contributed by atoms with Crippen LogP contribution in [-0.2, 0) is 20.6 Å². The molecule has 1 aromatic carbocycles. The third-order valence-electron chi connectivity index (χ3n) is 4.85. The molecule has 1 aliphatic heterocycles. The maximum absolute atomic E-state index is 5.81. The van der Waals surface area contributed by atoms with E-state index in [1.165, 1.54) is 49.7 Å². The van der Waals surface area contributed by atoms with Gasteiger partial charge in [-0.25, -0.2) is 0 Å². The first kappa shape index (κ1) is 16.0. The number of benzene rings is 1. The molecular weight excluding hydrogens is 276 g/mol. The molecule has 1 saturated heterocycles. The second-order valence-corrected chi connectivity index (χ2v) is 6.78. The zero-order valence-electron chi connectivity index (χ0n) is 13.6. The number of rotatable bonds is 8. The zero-order valence-corrected chi connectivity index (χ0v) is 13.6. The summed E-state index contributed by atoms with van der Waals surface area (Å²) in [6.07, 6.45) is 8.21. The molecule has 1 atom stereocenters. The summed E-state index contributed by atoms with van der Waals surface area (Å²) in [7, 11) is 0. The highest BCUT2D eigenvalue weighted by Crippen LogP contribution is 2.29. The predicted octanol–water partition coefficient (Wildman–Crippen LogP) is 3.88. The zero-order chi connectivity index (χ0) is 15.2. The van der Waals surface area contributed by atoms with E-state index < -0.39 is 0 Å². The molecule has 0 spiro atoms. The van der Waals surface area contributed by atoms with Gasteiger partial charge in [0.05, 0.1) is 19.3 Å². The minimum Gasteiger partial charge on any atom is -0.371 e. The molecule has 0 amide bonds. The highest BCUT2D eigenvalue weighted by Gasteiger charge is 2.24. The SMILES string of the molecule is Cc1ccc(CCC2CCC(OCOCC3CO3)CC2)cc1. The Morgan fingerprint density at radius 1 is 1.09 bits per heavy atom. The van der Waals surface area contributed by atoms with Crippen molar-refractivity contribution in [3.63, 3.8) is 0 Å². The second-order valence-electron chi connectivity index (χ2n) is 6.78. The summed E-state index contributed by atoms with van der Waals surface area (Å²) in [6, 6.07) is 8.97. The Labute approximate surface area is 134 Å². The van der Waals surface area contributed by atoms with E-state index in [2.05, 4.69) is 31.2 Å². The number of ether oxygens (including phenoxy) is 3. The second kappa shape index (κ2) is 8.09. The summed E-state index contributed by atoms with van der Waals surface area (Å²) >= 11 is 0. The van der Waals surface area contributed by atoms with Crippen LogP contribution in [0.2, 0.25) is 0 Å². The fourth-order valence-corrected chi connectivity index (χ4v) is 3.20. The van der Waals surface area contributed by atoms with E-state index in [1.54, 1.807) is 0 Å². The lowest BCUT2D eigenvalue weighted by Crippen LogP contribution is -2.23. The third-order valence-corrected chi connectivity index (χ3v) is 4.85. The summed E-state index contributed by atoms with van der Waals surface area (Å²) in [5.41, 5.74) is 2.82. The molecule has 1 heterocycles. The van der Waals surface area contributed by atoms with Gasteiger partial charge in [-0.2, -0.15) is 0 Å². The van der Waals surface area contributed by atoms with Gasteiger partial charge in [0.1, 0.15) is 12.9 Å². The summed E-state index contributed by atoms with van der Waals surface area (Å²) in [5, 5.41) is 0. The molecule has 0 aromatic heterocycles. The van der Waals surface area contributed by atoms with Gasteiger partial charge in [0.25, 0.3) is 0 Å². The van der Waals surface area contributed by atoms with Crippen molar-refractivity contribution in [1.82, 2.24) is 0 Å². The smallest absolute Gasteiger partial charge is 0.147 e. The summed E-state index contributed by atoms with van der Waals surface area (Å²) in [5.74, 6) is 0.863. The quantitative estimate of drug-likeness (QED) is 0.415. The van der Waals surface area contributed by atoms with Crippen LogP contribution in [0.3, 0.4) is 0 Å². The first-order chi connectivity index (χ1) is 10.8. The Morgan fingerprint density at radius 2 is 1.82 bits per heavy atom. The molecule has 1 aliphatic carbocycles. The fraction of sp³-hybridized carbons (Fsp3) is 0.684. The first-order valence-corrected chi connectivity index (χ1v) is 8.66. The van der Waals surface area contributed by atoms with E-state index >= 15 is 0 Å². The predicted molar refractivity (Wildman–Crippen MR) is 86.9 cm³/mol. The van der Waals surface area contributed by atoms with Gasteiger partial charge in [-0.05, 0) is 56.9 Å².